The van der Waals surface area contributed by atoms with Gasteiger partial charge in [0.25, 0.3) is 0 Å². The Morgan fingerprint density at radius 2 is 2.11 bits per heavy atom. The van der Waals surface area contributed by atoms with Crippen LogP contribution in [0.2, 0.25) is 0 Å². The Hall–Kier alpha value is -1.71. The number of nitrogen functional groups attached to an aromatic ring is 1. The van der Waals surface area contributed by atoms with Crippen LogP contribution in [0.1, 0.15) is 49.0 Å². The molecular formula is C14H22N2O2. The molecule has 1 rings (SSSR count). The predicted octanol–water partition coefficient (Wildman–Crippen LogP) is 3.27. The Kier molecular flexibility index (Phi) is 5.01. The largest absolute Gasteiger partial charge is 0.478 e. The Labute approximate surface area is 108 Å². The van der Waals surface area contributed by atoms with Crippen molar-refractivity contribution in [1.29, 1.82) is 0 Å². The first-order valence-electron chi connectivity index (χ1n) is 6.39. The standard InChI is InChI=1S/C14H22N2O2/c1-4-6-10(5-2)16-11-7-9(3)13(15)12(8-11)14(17)18/h7-8,10,16H,4-6,15H2,1-3H3,(H,17,18). The molecule has 0 bridgehead atoms. The van der Waals surface area contributed by atoms with Crippen LogP contribution in [0.5, 0.6) is 0 Å². The molecule has 1 unspecified atom stereocenters. The fourth-order valence-electron chi connectivity index (χ4n) is 2.02. The van der Waals surface area contributed by atoms with E-state index in [9.17, 15) is 4.79 Å². The third kappa shape index (κ3) is 3.39. The van der Waals surface area contributed by atoms with Crippen molar-refractivity contribution in [3.8, 4) is 0 Å². The van der Waals surface area contributed by atoms with Crippen LogP contribution < -0.4 is 11.1 Å². The number of nitrogens with one attached hydrogen (secondary N) is 1. The summed E-state index contributed by atoms with van der Waals surface area (Å²) in [4.78, 5) is 11.1. The molecule has 0 saturated carbocycles. The second kappa shape index (κ2) is 6.28. The molecule has 4 nitrogen and oxygen atoms in total. The van der Waals surface area contributed by atoms with Gasteiger partial charge in [0.2, 0.25) is 0 Å². The van der Waals surface area contributed by atoms with Crippen LogP contribution in [-0.4, -0.2) is 17.1 Å². The van der Waals surface area contributed by atoms with Crippen LogP contribution in [0.4, 0.5) is 11.4 Å². The number of hydrogen-bond donors (Lipinski definition) is 3. The SMILES string of the molecule is CCCC(CC)Nc1cc(C)c(N)c(C(=O)O)c1. The van der Waals surface area contributed by atoms with Crippen molar-refractivity contribution in [3.05, 3.63) is 23.3 Å². The zero-order valence-corrected chi connectivity index (χ0v) is 11.3. The highest BCUT2D eigenvalue weighted by molar-refractivity contribution is 5.95. The highest BCUT2D eigenvalue weighted by atomic mass is 16.4. The summed E-state index contributed by atoms with van der Waals surface area (Å²) >= 11 is 0. The zero-order valence-electron chi connectivity index (χ0n) is 11.3. The van der Waals surface area contributed by atoms with Gasteiger partial charge in [-0.25, -0.2) is 4.79 Å². The van der Waals surface area contributed by atoms with Crippen LogP contribution >= 0.6 is 0 Å². The second-order valence-electron chi connectivity index (χ2n) is 4.60. The zero-order chi connectivity index (χ0) is 13.7. The molecule has 0 spiro atoms. The quantitative estimate of drug-likeness (QED) is 0.677. The average Bonchev–Trinajstić information content (AvgIpc) is 2.32. The second-order valence-corrected chi connectivity index (χ2v) is 4.60. The Morgan fingerprint density at radius 1 is 1.44 bits per heavy atom. The minimum Gasteiger partial charge on any atom is -0.478 e. The van der Waals surface area contributed by atoms with Gasteiger partial charge >= 0.3 is 5.97 Å². The van der Waals surface area contributed by atoms with E-state index in [0.29, 0.717) is 11.7 Å². The third-order valence-corrected chi connectivity index (χ3v) is 3.12. The van der Waals surface area contributed by atoms with Gasteiger partial charge in [0, 0.05) is 17.4 Å². The van der Waals surface area contributed by atoms with Gasteiger partial charge in [-0.3, -0.25) is 0 Å². The highest BCUT2D eigenvalue weighted by Crippen LogP contribution is 2.24. The number of aromatic carboxylic acids is 1. The lowest BCUT2D eigenvalue weighted by atomic mass is 10.0. The van der Waals surface area contributed by atoms with E-state index in [1.807, 2.05) is 13.0 Å². The van der Waals surface area contributed by atoms with Crippen LogP contribution in [0.15, 0.2) is 12.1 Å². The Balaban J connectivity index is 2.99. The first-order valence-corrected chi connectivity index (χ1v) is 6.39. The summed E-state index contributed by atoms with van der Waals surface area (Å²) in [5.41, 5.74) is 7.91. The summed E-state index contributed by atoms with van der Waals surface area (Å²) < 4.78 is 0. The van der Waals surface area contributed by atoms with E-state index in [4.69, 9.17) is 10.8 Å². The number of carbonyl (C=O) groups is 1. The first-order chi connectivity index (χ1) is 8.49. The fourth-order valence-corrected chi connectivity index (χ4v) is 2.02. The smallest absolute Gasteiger partial charge is 0.337 e. The molecule has 1 aromatic rings. The average molecular weight is 250 g/mol. The number of benzene rings is 1. The Bertz CT molecular complexity index is 430. The highest BCUT2D eigenvalue weighted by Gasteiger charge is 2.13. The molecule has 1 aromatic carbocycles. The number of anilines is 2. The molecule has 1 atom stereocenters. The van der Waals surface area contributed by atoms with Gasteiger partial charge in [-0.2, -0.15) is 0 Å². The maximum absolute atomic E-state index is 11.1. The van der Waals surface area contributed by atoms with Crippen molar-refractivity contribution in [2.24, 2.45) is 0 Å². The molecule has 0 aliphatic carbocycles. The lowest BCUT2D eigenvalue weighted by molar-refractivity contribution is 0.0698. The topological polar surface area (TPSA) is 75.3 Å². The fraction of sp³-hybridized carbons (Fsp3) is 0.500. The van der Waals surface area contributed by atoms with Gasteiger partial charge in [0.15, 0.2) is 0 Å². The summed E-state index contributed by atoms with van der Waals surface area (Å²) in [5.74, 6) is -0.984. The van der Waals surface area contributed by atoms with E-state index in [1.54, 1.807) is 6.07 Å². The number of nitrogens with two attached hydrogens (primary N) is 1. The molecule has 4 N–H and O–H groups in total. The number of rotatable bonds is 6. The van der Waals surface area contributed by atoms with Crippen LogP contribution in [0.25, 0.3) is 0 Å². The van der Waals surface area contributed by atoms with Crippen LogP contribution in [-0.2, 0) is 0 Å². The summed E-state index contributed by atoms with van der Waals surface area (Å²) in [6.07, 6.45) is 3.19. The van der Waals surface area contributed by atoms with E-state index >= 15 is 0 Å². The first kappa shape index (κ1) is 14.4. The van der Waals surface area contributed by atoms with Gasteiger partial charge in [-0.15, -0.1) is 0 Å². The molecule has 4 heteroatoms. The number of carboxylic acids is 1. The predicted molar refractivity (Wildman–Crippen MR) is 75.2 cm³/mol. The lowest BCUT2D eigenvalue weighted by Crippen LogP contribution is -2.18. The number of hydrogen-bond acceptors (Lipinski definition) is 3. The summed E-state index contributed by atoms with van der Waals surface area (Å²) in [6.45, 7) is 6.09. The molecule has 100 valence electrons. The minimum absolute atomic E-state index is 0.170. The van der Waals surface area contributed by atoms with Gasteiger partial charge in [-0.05, 0) is 37.5 Å². The third-order valence-electron chi connectivity index (χ3n) is 3.12. The summed E-state index contributed by atoms with van der Waals surface area (Å²) in [6, 6.07) is 3.89. The van der Waals surface area contributed by atoms with E-state index in [2.05, 4.69) is 19.2 Å². The molecular weight excluding hydrogens is 228 g/mol. The summed E-state index contributed by atoms with van der Waals surface area (Å²) in [7, 11) is 0. The molecule has 18 heavy (non-hydrogen) atoms. The van der Waals surface area contributed by atoms with E-state index in [-0.39, 0.29) is 5.56 Å². The maximum atomic E-state index is 11.1. The summed E-state index contributed by atoms with van der Waals surface area (Å²) in [5, 5.41) is 12.5. The molecule has 0 amide bonds. The van der Waals surface area contributed by atoms with Crippen LogP contribution in [0.3, 0.4) is 0 Å². The van der Waals surface area contributed by atoms with Gasteiger partial charge in [0.1, 0.15) is 0 Å². The van der Waals surface area contributed by atoms with Gasteiger partial charge in [0.05, 0.1) is 5.56 Å². The molecule has 0 heterocycles. The van der Waals surface area contributed by atoms with E-state index in [1.165, 1.54) is 0 Å². The van der Waals surface area contributed by atoms with E-state index in [0.717, 1.165) is 30.5 Å². The van der Waals surface area contributed by atoms with Crippen molar-refractivity contribution in [2.45, 2.75) is 46.1 Å². The van der Waals surface area contributed by atoms with Crippen molar-refractivity contribution in [1.82, 2.24) is 0 Å². The van der Waals surface area contributed by atoms with Crippen molar-refractivity contribution in [2.75, 3.05) is 11.1 Å². The molecule has 0 fully saturated rings. The monoisotopic (exact) mass is 250 g/mol. The maximum Gasteiger partial charge on any atom is 0.337 e. The molecule has 0 radical (unpaired) electrons. The van der Waals surface area contributed by atoms with Gasteiger partial charge < -0.3 is 16.2 Å². The minimum atomic E-state index is -0.984. The van der Waals surface area contributed by atoms with Crippen molar-refractivity contribution in [3.63, 3.8) is 0 Å². The molecule has 0 aromatic heterocycles. The number of carboxylic acid groups (broad SMARTS) is 1. The molecule has 0 aliphatic rings. The molecule has 0 saturated heterocycles. The Morgan fingerprint density at radius 3 is 2.61 bits per heavy atom. The number of aryl methyl sites for hydroxylation is 1. The van der Waals surface area contributed by atoms with Crippen molar-refractivity contribution >= 4 is 17.3 Å². The van der Waals surface area contributed by atoms with Crippen molar-refractivity contribution < 1.29 is 9.90 Å². The van der Waals surface area contributed by atoms with Gasteiger partial charge in [-0.1, -0.05) is 20.3 Å². The lowest BCUT2D eigenvalue weighted by Gasteiger charge is -2.19. The molecule has 0 aliphatic heterocycles. The van der Waals surface area contributed by atoms with E-state index < -0.39 is 5.97 Å². The van der Waals surface area contributed by atoms with Crippen LogP contribution in [0, 0.1) is 6.92 Å². The normalized spacial score (nSPS) is 12.2.